The Labute approximate surface area is 132 Å². The summed E-state index contributed by atoms with van der Waals surface area (Å²) < 4.78 is 15.3. The molecular weight excluding hydrogens is 424 g/mol. The lowest BCUT2D eigenvalue weighted by Gasteiger charge is -2.08. The fraction of sp³-hybridized carbons (Fsp3) is 0.0714. The van der Waals surface area contributed by atoms with Crippen molar-refractivity contribution in [2.75, 3.05) is 5.32 Å². The molecule has 2 aromatic rings. The lowest BCUT2D eigenvalue weighted by Crippen LogP contribution is -2.15. The van der Waals surface area contributed by atoms with Crippen molar-refractivity contribution in [1.82, 2.24) is 0 Å². The molecule has 0 bridgehead atoms. The molecule has 5 heteroatoms. The van der Waals surface area contributed by atoms with Crippen molar-refractivity contribution in [2.24, 2.45) is 0 Å². The molecule has 0 aliphatic heterocycles. The van der Waals surface area contributed by atoms with E-state index in [-0.39, 0.29) is 18.1 Å². The van der Waals surface area contributed by atoms with Crippen molar-refractivity contribution < 1.29 is 9.18 Å². The molecule has 0 fully saturated rings. The Kier molecular flexibility index (Phi) is 4.93. The molecule has 0 aliphatic carbocycles. The zero-order chi connectivity index (χ0) is 13.8. The van der Waals surface area contributed by atoms with Crippen LogP contribution >= 0.6 is 38.5 Å². The number of nitrogens with one attached hydrogen (secondary N) is 1. The first kappa shape index (κ1) is 14.5. The minimum atomic E-state index is -0.360. The second kappa shape index (κ2) is 6.47. The number of benzene rings is 2. The lowest BCUT2D eigenvalue weighted by atomic mass is 10.1. The smallest absolute Gasteiger partial charge is 0.228 e. The minimum Gasteiger partial charge on any atom is -0.325 e. The second-order valence-electron chi connectivity index (χ2n) is 3.94. The molecule has 98 valence electrons. The zero-order valence-electron chi connectivity index (χ0n) is 9.79. The summed E-state index contributed by atoms with van der Waals surface area (Å²) in [5.41, 5.74) is 1.11. The maximum Gasteiger partial charge on any atom is 0.228 e. The maximum atomic E-state index is 13.4. The summed E-state index contributed by atoms with van der Waals surface area (Å²) >= 11 is 5.49. The van der Waals surface area contributed by atoms with Crippen molar-refractivity contribution in [3.63, 3.8) is 0 Å². The number of hydrogen-bond acceptors (Lipinski definition) is 1. The molecule has 1 amide bonds. The van der Waals surface area contributed by atoms with Crippen molar-refractivity contribution >= 4 is 50.1 Å². The molecule has 19 heavy (non-hydrogen) atoms. The molecule has 0 heterocycles. The summed E-state index contributed by atoms with van der Waals surface area (Å²) in [4.78, 5) is 11.9. The summed E-state index contributed by atoms with van der Waals surface area (Å²) in [5, 5.41) is 2.78. The third-order valence-electron chi connectivity index (χ3n) is 2.51. The second-order valence-corrected chi connectivity index (χ2v) is 6.02. The molecule has 0 atom stereocenters. The van der Waals surface area contributed by atoms with Crippen molar-refractivity contribution in [3.05, 3.63) is 61.9 Å². The van der Waals surface area contributed by atoms with Gasteiger partial charge in [0.05, 0.1) is 12.1 Å². The fourth-order valence-corrected chi connectivity index (χ4v) is 2.43. The first-order valence-electron chi connectivity index (χ1n) is 5.54. The van der Waals surface area contributed by atoms with Crippen LogP contribution in [0.2, 0.25) is 0 Å². The number of carbonyl (C=O) groups excluding carboxylic acids is 1. The average Bonchev–Trinajstić information content (AvgIpc) is 2.37. The van der Waals surface area contributed by atoms with Crippen LogP contribution in [0.1, 0.15) is 5.56 Å². The van der Waals surface area contributed by atoms with Crippen LogP contribution in [-0.2, 0) is 11.2 Å². The summed E-state index contributed by atoms with van der Waals surface area (Å²) in [6.07, 6.45) is 0.0231. The molecule has 0 saturated heterocycles. The van der Waals surface area contributed by atoms with Gasteiger partial charge in [0.1, 0.15) is 5.82 Å². The van der Waals surface area contributed by atoms with E-state index in [2.05, 4.69) is 43.8 Å². The average molecular weight is 434 g/mol. The number of halogens is 3. The first-order chi connectivity index (χ1) is 9.06. The highest BCUT2D eigenvalue weighted by Crippen LogP contribution is 2.23. The highest BCUT2D eigenvalue weighted by atomic mass is 127. The van der Waals surface area contributed by atoms with Crippen LogP contribution in [0.15, 0.2) is 46.9 Å². The maximum absolute atomic E-state index is 13.4. The van der Waals surface area contributed by atoms with E-state index in [0.29, 0.717) is 5.56 Å². The standard InChI is InChI=1S/C14H10BrFINO/c15-10-5-6-12(17)13(8-10)18-14(19)7-9-3-1-2-4-11(9)16/h1-6,8H,7H2,(H,18,19). The van der Waals surface area contributed by atoms with Gasteiger partial charge in [-0.1, -0.05) is 34.1 Å². The SMILES string of the molecule is O=C(Cc1ccccc1F)Nc1cc(Br)ccc1I. The summed E-state index contributed by atoms with van der Waals surface area (Å²) in [6.45, 7) is 0. The van der Waals surface area contributed by atoms with E-state index in [9.17, 15) is 9.18 Å². The van der Waals surface area contributed by atoms with Crippen LogP contribution in [0.25, 0.3) is 0 Å². The van der Waals surface area contributed by atoms with Crippen LogP contribution in [0.3, 0.4) is 0 Å². The minimum absolute atomic E-state index is 0.0231. The molecule has 0 aromatic heterocycles. The number of amides is 1. The van der Waals surface area contributed by atoms with Crippen LogP contribution in [0.5, 0.6) is 0 Å². The Morgan fingerprint density at radius 3 is 2.74 bits per heavy atom. The quantitative estimate of drug-likeness (QED) is 0.715. The monoisotopic (exact) mass is 433 g/mol. The number of anilines is 1. The van der Waals surface area contributed by atoms with E-state index in [0.717, 1.165) is 13.7 Å². The van der Waals surface area contributed by atoms with E-state index in [4.69, 9.17) is 0 Å². The van der Waals surface area contributed by atoms with Gasteiger partial charge in [0.15, 0.2) is 0 Å². The van der Waals surface area contributed by atoms with Crippen molar-refractivity contribution in [2.45, 2.75) is 6.42 Å². The van der Waals surface area contributed by atoms with Gasteiger partial charge in [0.2, 0.25) is 5.91 Å². The van der Waals surface area contributed by atoms with E-state index < -0.39 is 0 Å². The molecule has 0 aliphatic rings. The van der Waals surface area contributed by atoms with E-state index in [1.165, 1.54) is 6.07 Å². The van der Waals surface area contributed by atoms with Gasteiger partial charge in [-0.25, -0.2) is 4.39 Å². The Morgan fingerprint density at radius 2 is 2.00 bits per heavy atom. The number of hydrogen-bond donors (Lipinski definition) is 1. The predicted octanol–water partition coefficient (Wildman–Crippen LogP) is 4.37. The Hall–Kier alpha value is -0.950. The summed E-state index contributed by atoms with van der Waals surface area (Å²) in [6, 6.07) is 11.9. The number of rotatable bonds is 3. The molecule has 2 rings (SSSR count). The van der Waals surface area contributed by atoms with Gasteiger partial charge in [-0.05, 0) is 52.4 Å². The van der Waals surface area contributed by atoms with Gasteiger partial charge in [-0.3, -0.25) is 4.79 Å². The Bertz CT molecular complexity index is 618. The molecular formula is C14H10BrFINO. The van der Waals surface area contributed by atoms with Gasteiger partial charge < -0.3 is 5.32 Å². The van der Waals surface area contributed by atoms with Gasteiger partial charge in [-0.15, -0.1) is 0 Å². The Morgan fingerprint density at radius 1 is 1.26 bits per heavy atom. The van der Waals surface area contributed by atoms with Crippen LogP contribution < -0.4 is 5.32 Å². The molecule has 0 unspecified atom stereocenters. The molecule has 0 radical (unpaired) electrons. The summed E-state index contributed by atoms with van der Waals surface area (Å²) in [7, 11) is 0. The van der Waals surface area contributed by atoms with E-state index in [1.54, 1.807) is 18.2 Å². The highest BCUT2D eigenvalue weighted by Gasteiger charge is 2.09. The van der Waals surface area contributed by atoms with Crippen LogP contribution in [0.4, 0.5) is 10.1 Å². The highest BCUT2D eigenvalue weighted by molar-refractivity contribution is 14.1. The van der Waals surface area contributed by atoms with Crippen LogP contribution in [-0.4, -0.2) is 5.91 Å². The lowest BCUT2D eigenvalue weighted by molar-refractivity contribution is -0.115. The van der Waals surface area contributed by atoms with E-state index in [1.807, 2.05) is 18.2 Å². The Balaban J connectivity index is 2.10. The third-order valence-corrected chi connectivity index (χ3v) is 3.95. The van der Waals surface area contributed by atoms with Crippen LogP contribution in [0, 0.1) is 9.39 Å². The van der Waals surface area contributed by atoms with Gasteiger partial charge in [0, 0.05) is 8.04 Å². The van der Waals surface area contributed by atoms with Crippen molar-refractivity contribution in [1.29, 1.82) is 0 Å². The molecule has 1 N–H and O–H groups in total. The van der Waals surface area contributed by atoms with Crippen molar-refractivity contribution in [3.8, 4) is 0 Å². The van der Waals surface area contributed by atoms with Gasteiger partial charge in [0.25, 0.3) is 0 Å². The van der Waals surface area contributed by atoms with E-state index >= 15 is 0 Å². The molecule has 0 spiro atoms. The van der Waals surface area contributed by atoms with Gasteiger partial charge in [-0.2, -0.15) is 0 Å². The fourth-order valence-electron chi connectivity index (χ4n) is 1.60. The third kappa shape index (κ3) is 4.01. The topological polar surface area (TPSA) is 29.1 Å². The molecule has 2 aromatic carbocycles. The normalized spacial score (nSPS) is 10.3. The largest absolute Gasteiger partial charge is 0.325 e. The zero-order valence-corrected chi connectivity index (χ0v) is 13.5. The van der Waals surface area contributed by atoms with Gasteiger partial charge >= 0.3 is 0 Å². The number of carbonyl (C=O) groups is 1. The predicted molar refractivity (Wildman–Crippen MR) is 85.6 cm³/mol. The summed E-state index contributed by atoms with van der Waals surface area (Å²) in [5.74, 6) is -0.595. The first-order valence-corrected chi connectivity index (χ1v) is 7.42. The molecule has 0 saturated carbocycles. The molecule has 2 nitrogen and oxygen atoms in total.